The molecule has 3 N–H and O–H groups in total. The molecule has 0 amide bonds. The van der Waals surface area contributed by atoms with E-state index in [1.807, 2.05) is 19.3 Å². The van der Waals surface area contributed by atoms with Gasteiger partial charge in [-0.2, -0.15) is 0 Å². The van der Waals surface area contributed by atoms with Gasteiger partial charge in [-0.15, -0.1) is 0 Å². The first-order chi connectivity index (χ1) is 8.95. The maximum Gasteiger partial charge on any atom is 0.129 e. The van der Waals surface area contributed by atoms with Gasteiger partial charge in [0.05, 0.1) is 6.10 Å². The van der Waals surface area contributed by atoms with Gasteiger partial charge in [-0.3, -0.25) is 5.84 Å². The lowest BCUT2D eigenvalue weighted by atomic mass is 9.84. The van der Waals surface area contributed by atoms with Crippen LogP contribution < -0.4 is 11.3 Å². The molecule has 19 heavy (non-hydrogen) atoms. The van der Waals surface area contributed by atoms with E-state index in [2.05, 4.69) is 42.7 Å². The van der Waals surface area contributed by atoms with E-state index in [1.165, 1.54) is 0 Å². The van der Waals surface area contributed by atoms with Crippen LogP contribution in [0.3, 0.4) is 0 Å². The molecular formula is C14H28N4O. The standard InChI is InChI=1S/C14H28N4O/c1-6-9-18-10-8-16-13(18)11(17-15)12(19-7-2)14(3,4)5/h8,10-12,17H,6-7,9,15H2,1-5H3. The van der Waals surface area contributed by atoms with Gasteiger partial charge >= 0.3 is 0 Å². The van der Waals surface area contributed by atoms with E-state index in [1.54, 1.807) is 0 Å². The second-order valence-electron chi connectivity index (χ2n) is 5.87. The van der Waals surface area contributed by atoms with Gasteiger partial charge in [0.1, 0.15) is 11.9 Å². The fourth-order valence-corrected chi connectivity index (χ4v) is 2.35. The number of imidazole rings is 1. The maximum absolute atomic E-state index is 5.92. The zero-order valence-electron chi connectivity index (χ0n) is 12.8. The van der Waals surface area contributed by atoms with E-state index in [-0.39, 0.29) is 17.6 Å². The van der Waals surface area contributed by atoms with E-state index in [0.29, 0.717) is 6.61 Å². The van der Waals surface area contributed by atoms with Gasteiger partial charge < -0.3 is 9.30 Å². The number of nitrogens with two attached hydrogens (primary N) is 1. The van der Waals surface area contributed by atoms with E-state index in [0.717, 1.165) is 18.8 Å². The van der Waals surface area contributed by atoms with Crippen molar-refractivity contribution in [3.8, 4) is 0 Å². The summed E-state index contributed by atoms with van der Waals surface area (Å²) in [6, 6.07) is -0.110. The third-order valence-electron chi connectivity index (χ3n) is 3.17. The second-order valence-corrected chi connectivity index (χ2v) is 5.87. The van der Waals surface area contributed by atoms with Crippen molar-refractivity contribution in [3.63, 3.8) is 0 Å². The molecule has 0 aliphatic carbocycles. The van der Waals surface area contributed by atoms with E-state index >= 15 is 0 Å². The molecule has 110 valence electrons. The third-order valence-corrected chi connectivity index (χ3v) is 3.17. The van der Waals surface area contributed by atoms with Gasteiger partial charge in [0.25, 0.3) is 0 Å². The van der Waals surface area contributed by atoms with Crippen LogP contribution in [0.15, 0.2) is 12.4 Å². The van der Waals surface area contributed by atoms with Crippen molar-refractivity contribution in [2.24, 2.45) is 11.3 Å². The normalized spacial score (nSPS) is 15.5. The zero-order chi connectivity index (χ0) is 14.5. The molecule has 1 heterocycles. The number of hydrogen-bond acceptors (Lipinski definition) is 4. The summed E-state index contributed by atoms with van der Waals surface area (Å²) >= 11 is 0. The van der Waals surface area contributed by atoms with Crippen LogP contribution in [0.5, 0.6) is 0 Å². The van der Waals surface area contributed by atoms with Crippen molar-refractivity contribution >= 4 is 0 Å². The van der Waals surface area contributed by atoms with Crippen molar-refractivity contribution in [3.05, 3.63) is 18.2 Å². The Hall–Kier alpha value is -0.910. The minimum absolute atomic E-state index is 0.0178. The van der Waals surface area contributed by atoms with E-state index in [9.17, 15) is 0 Å². The monoisotopic (exact) mass is 268 g/mol. The van der Waals surface area contributed by atoms with Crippen LogP contribution in [0.1, 0.15) is 52.9 Å². The molecule has 0 aliphatic rings. The van der Waals surface area contributed by atoms with Gasteiger partial charge in [0.15, 0.2) is 0 Å². The average molecular weight is 268 g/mol. The molecule has 2 atom stereocenters. The highest BCUT2D eigenvalue weighted by molar-refractivity contribution is 5.04. The van der Waals surface area contributed by atoms with E-state index in [4.69, 9.17) is 10.6 Å². The van der Waals surface area contributed by atoms with E-state index < -0.39 is 0 Å². The summed E-state index contributed by atoms with van der Waals surface area (Å²) in [4.78, 5) is 4.46. The number of aromatic nitrogens is 2. The number of aryl methyl sites for hydroxylation is 1. The molecule has 0 bridgehead atoms. The van der Waals surface area contributed by atoms with Crippen molar-refractivity contribution in [1.82, 2.24) is 15.0 Å². The Kier molecular flexibility index (Phi) is 5.97. The number of nitrogens with one attached hydrogen (secondary N) is 1. The Bertz CT molecular complexity index is 370. The van der Waals surface area contributed by atoms with Crippen LogP contribution in [0.4, 0.5) is 0 Å². The van der Waals surface area contributed by atoms with Crippen molar-refractivity contribution in [2.45, 2.75) is 59.7 Å². The molecule has 0 aliphatic heterocycles. The molecule has 0 fully saturated rings. The Morgan fingerprint density at radius 2 is 2.11 bits per heavy atom. The molecule has 1 rings (SSSR count). The summed E-state index contributed by atoms with van der Waals surface area (Å²) in [7, 11) is 0. The molecule has 0 saturated carbocycles. The summed E-state index contributed by atoms with van der Waals surface area (Å²) < 4.78 is 8.06. The van der Waals surface area contributed by atoms with Crippen LogP contribution >= 0.6 is 0 Å². The number of nitrogens with zero attached hydrogens (tertiary/aromatic N) is 2. The number of hydrogen-bond donors (Lipinski definition) is 2. The van der Waals surface area contributed by atoms with Gasteiger partial charge in [-0.25, -0.2) is 10.4 Å². The van der Waals surface area contributed by atoms with Crippen molar-refractivity contribution < 1.29 is 4.74 Å². The Morgan fingerprint density at radius 3 is 2.58 bits per heavy atom. The lowest BCUT2D eigenvalue weighted by Crippen LogP contribution is -2.45. The molecule has 0 spiro atoms. The second kappa shape index (κ2) is 7.03. The van der Waals surface area contributed by atoms with Gasteiger partial charge in [0, 0.05) is 25.5 Å². The minimum atomic E-state index is -0.110. The molecule has 5 nitrogen and oxygen atoms in total. The van der Waals surface area contributed by atoms with Gasteiger partial charge in [-0.05, 0) is 18.8 Å². The fourth-order valence-electron chi connectivity index (χ4n) is 2.35. The molecule has 1 aromatic rings. The minimum Gasteiger partial charge on any atom is -0.376 e. The Balaban J connectivity index is 3.05. The highest BCUT2D eigenvalue weighted by atomic mass is 16.5. The number of ether oxygens (including phenoxy) is 1. The SMILES string of the molecule is CCCn1ccnc1C(NN)C(OCC)C(C)(C)C. The first kappa shape index (κ1) is 16.1. The summed E-state index contributed by atoms with van der Waals surface area (Å²) in [6.07, 6.45) is 4.85. The van der Waals surface area contributed by atoms with Crippen molar-refractivity contribution in [2.75, 3.05) is 6.61 Å². The lowest BCUT2D eigenvalue weighted by molar-refractivity contribution is -0.0392. The van der Waals surface area contributed by atoms with Crippen LogP contribution in [-0.4, -0.2) is 22.3 Å². The first-order valence-electron chi connectivity index (χ1n) is 7.04. The topological polar surface area (TPSA) is 65.1 Å². The predicted molar refractivity (Wildman–Crippen MR) is 77.5 cm³/mol. The molecule has 2 unspecified atom stereocenters. The first-order valence-corrected chi connectivity index (χ1v) is 7.04. The highest BCUT2D eigenvalue weighted by Gasteiger charge is 2.35. The van der Waals surface area contributed by atoms with Gasteiger partial charge in [0.2, 0.25) is 0 Å². The zero-order valence-corrected chi connectivity index (χ0v) is 12.8. The smallest absolute Gasteiger partial charge is 0.129 e. The number of hydrazine groups is 1. The quantitative estimate of drug-likeness (QED) is 0.588. The largest absolute Gasteiger partial charge is 0.376 e. The predicted octanol–water partition coefficient (Wildman–Crippen LogP) is 2.25. The molecule has 0 aromatic carbocycles. The summed E-state index contributed by atoms with van der Waals surface area (Å²) in [5, 5.41) is 0. The summed E-state index contributed by atoms with van der Waals surface area (Å²) in [5.74, 6) is 6.72. The Morgan fingerprint density at radius 1 is 1.42 bits per heavy atom. The Labute approximate surface area is 116 Å². The van der Waals surface area contributed by atoms with Crippen LogP contribution in [-0.2, 0) is 11.3 Å². The molecule has 5 heteroatoms. The lowest BCUT2D eigenvalue weighted by Gasteiger charge is -2.36. The molecular weight excluding hydrogens is 240 g/mol. The van der Waals surface area contributed by atoms with Crippen molar-refractivity contribution in [1.29, 1.82) is 0 Å². The maximum atomic E-state index is 5.92. The average Bonchev–Trinajstić information content (AvgIpc) is 2.77. The fraction of sp³-hybridized carbons (Fsp3) is 0.786. The molecule has 0 radical (unpaired) electrons. The summed E-state index contributed by atoms with van der Waals surface area (Å²) in [6.45, 7) is 12.2. The molecule has 0 saturated heterocycles. The highest BCUT2D eigenvalue weighted by Crippen LogP contribution is 2.31. The third kappa shape index (κ3) is 4.03. The van der Waals surface area contributed by atoms with Gasteiger partial charge in [-0.1, -0.05) is 27.7 Å². The van der Waals surface area contributed by atoms with Crippen LogP contribution in [0.25, 0.3) is 0 Å². The van der Waals surface area contributed by atoms with Crippen LogP contribution in [0.2, 0.25) is 0 Å². The summed E-state index contributed by atoms with van der Waals surface area (Å²) in [5.41, 5.74) is 2.87. The number of rotatable bonds is 7. The molecule has 1 aromatic heterocycles. The van der Waals surface area contributed by atoms with Crippen LogP contribution in [0, 0.1) is 5.41 Å².